The van der Waals surface area contributed by atoms with Gasteiger partial charge in [-0.1, -0.05) is 25.0 Å². The van der Waals surface area contributed by atoms with Gasteiger partial charge in [-0.3, -0.25) is 4.79 Å². The monoisotopic (exact) mass is 280 g/mol. The number of hydrogen-bond donors (Lipinski definition) is 1. The maximum absolute atomic E-state index is 11.7. The number of carbonyl (C=O) groups excluding carboxylic acids is 1. The quantitative estimate of drug-likeness (QED) is 0.471. The third-order valence-electron chi connectivity index (χ3n) is 3.42. The second-order valence-electron chi connectivity index (χ2n) is 5.87. The van der Waals surface area contributed by atoms with Gasteiger partial charge in [0, 0.05) is 33.7 Å². The van der Waals surface area contributed by atoms with E-state index in [0.29, 0.717) is 6.04 Å². The van der Waals surface area contributed by atoms with Gasteiger partial charge in [-0.2, -0.15) is 0 Å². The van der Waals surface area contributed by atoms with Crippen molar-refractivity contribution in [3.63, 3.8) is 0 Å². The van der Waals surface area contributed by atoms with E-state index in [4.69, 9.17) is 0 Å². The van der Waals surface area contributed by atoms with Gasteiger partial charge in [0.1, 0.15) is 6.54 Å². The summed E-state index contributed by atoms with van der Waals surface area (Å²) >= 11 is 0. The van der Waals surface area contributed by atoms with Crippen LogP contribution in [-0.2, 0) is 4.79 Å². The topological polar surface area (TPSA) is 47.9 Å². The summed E-state index contributed by atoms with van der Waals surface area (Å²) in [5.74, 6) is 0.814. The molecule has 0 aliphatic heterocycles. The Bertz CT molecular complexity index is 370. The summed E-state index contributed by atoms with van der Waals surface area (Å²) in [4.78, 5) is 19.7. The van der Waals surface area contributed by atoms with Crippen molar-refractivity contribution in [1.29, 1.82) is 0 Å². The molecule has 5 nitrogen and oxygen atoms in total. The van der Waals surface area contributed by atoms with Gasteiger partial charge in [0.2, 0.25) is 5.91 Å². The fourth-order valence-electron chi connectivity index (χ4n) is 2.29. The molecule has 1 fully saturated rings. The number of nitrogens with one attached hydrogen (secondary N) is 1. The van der Waals surface area contributed by atoms with Crippen LogP contribution in [0.15, 0.2) is 17.1 Å². The summed E-state index contributed by atoms with van der Waals surface area (Å²) in [6.07, 6.45) is 4.90. The first-order chi connectivity index (χ1) is 9.40. The first-order valence-electron chi connectivity index (χ1n) is 7.26. The third-order valence-corrected chi connectivity index (χ3v) is 3.42. The molecular weight excluding hydrogens is 252 g/mol. The molecule has 0 unspecified atom stereocenters. The van der Waals surface area contributed by atoms with E-state index in [1.165, 1.54) is 25.7 Å². The number of rotatable bonds is 5. The van der Waals surface area contributed by atoms with Crippen LogP contribution in [0.3, 0.4) is 0 Å². The molecule has 1 aliphatic rings. The fraction of sp³-hybridized carbons (Fsp3) is 0.733. The van der Waals surface area contributed by atoms with Crippen molar-refractivity contribution in [3.8, 4) is 0 Å². The van der Waals surface area contributed by atoms with Gasteiger partial charge in [-0.05, 0) is 19.8 Å². The Kier molecular flexibility index (Phi) is 6.55. The molecule has 1 rings (SSSR count). The molecule has 0 aromatic carbocycles. The van der Waals surface area contributed by atoms with Gasteiger partial charge in [0.05, 0.1) is 0 Å². The third kappa shape index (κ3) is 5.63. The largest absolute Gasteiger partial charge is 0.353 e. The van der Waals surface area contributed by atoms with E-state index in [1.54, 1.807) is 19.0 Å². The Hall–Kier alpha value is -1.52. The van der Waals surface area contributed by atoms with Crippen molar-refractivity contribution in [2.75, 3.05) is 34.2 Å². The molecule has 1 N–H and O–H groups in total. The number of likely N-dealkylation sites (N-methyl/N-ethyl adjacent to an activating group) is 2. The standard InChI is InChI=1S/C15H28N4O/c1-12(2)11-19(5)15(16-10-14(20)18(3)4)17-13-8-6-7-9-13/h13H,1,6-11H2,2-5H3,(H,16,17). The van der Waals surface area contributed by atoms with E-state index >= 15 is 0 Å². The molecule has 1 aliphatic carbocycles. The number of nitrogens with zero attached hydrogens (tertiary/aromatic N) is 3. The number of hydrogen-bond acceptors (Lipinski definition) is 2. The summed E-state index contributed by atoms with van der Waals surface area (Å²) in [7, 11) is 5.48. The fourth-order valence-corrected chi connectivity index (χ4v) is 2.29. The predicted molar refractivity (Wildman–Crippen MR) is 83.8 cm³/mol. The number of carbonyl (C=O) groups is 1. The van der Waals surface area contributed by atoms with Crippen LogP contribution in [0.1, 0.15) is 32.6 Å². The minimum atomic E-state index is 0.0134. The van der Waals surface area contributed by atoms with Gasteiger partial charge >= 0.3 is 0 Å². The molecule has 0 heterocycles. The van der Waals surface area contributed by atoms with Crippen molar-refractivity contribution >= 4 is 11.9 Å². The molecule has 1 saturated carbocycles. The Morgan fingerprint density at radius 3 is 2.40 bits per heavy atom. The van der Waals surface area contributed by atoms with Crippen LogP contribution in [-0.4, -0.2) is 61.9 Å². The summed E-state index contributed by atoms with van der Waals surface area (Å²) in [5.41, 5.74) is 1.08. The van der Waals surface area contributed by atoms with E-state index in [1.807, 2.05) is 18.9 Å². The van der Waals surface area contributed by atoms with E-state index in [0.717, 1.165) is 18.1 Å². The van der Waals surface area contributed by atoms with Crippen LogP contribution in [0.2, 0.25) is 0 Å². The second kappa shape index (κ2) is 7.92. The van der Waals surface area contributed by atoms with Gasteiger partial charge in [-0.25, -0.2) is 4.99 Å². The molecule has 0 bridgehead atoms. The molecule has 5 heteroatoms. The Morgan fingerprint density at radius 2 is 1.90 bits per heavy atom. The van der Waals surface area contributed by atoms with Gasteiger partial charge < -0.3 is 15.1 Å². The summed E-state index contributed by atoms with van der Waals surface area (Å²) in [6.45, 7) is 6.86. The Labute approximate surface area is 122 Å². The molecule has 0 saturated heterocycles. The van der Waals surface area contributed by atoms with Gasteiger partial charge in [0.25, 0.3) is 0 Å². The molecular formula is C15H28N4O. The lowest BCUT2D eigenvalue weighted by molar-refractivity contribution is -0.127. The molecule has 0 aromatic rings. The SMILES string of the molecule is C=C(C)CN(C)C(=NCC(=O)N(C)C)NC1CCCC1. The lowest BCUT2D eigenvalue weighted by Crippen LogP contribution is -2.44. The molecule has 114 valence electrons. The highest BCUT2D eigenvalue weighted by molar-refractivity contribution is 5.85. The highest BCUT2D eigenvalue weighted by Crippen LogP contribution is 2.17. The smallest absolute Gasteiger partial charge is 0.243 e. The number of guanidine groups is 1. The molecule has 0 spiro atoms. The predicted octanol–water partition coefficient (Wildman–Crippen LogP) is 1.47. The van der Waals surface area contributed by atoms with E-state index in [2.05, 4.69) is 16.9 Å². The summed E-state index contributed by atoms with van der Waals surface area (Å²) in [5, 5.41) is 3.48. The Balaban J connectivity index is 2.68. The van der Waals surface area contributed by atoms with Crippen LogP contribution in [0.25, 0.3) is 0 Å². The lowest BCUT2D eigenvalue weighted by atomic mass is 10.2. The van der Waals surface area contributed by atoms with Crippen LogP contribution in [0.5, 0.6) is 0 Å². The molecule has 0 atom stereocenters. The highest BCUT2D eigenvalue weighted by Gasteiger charge is 2.18. The molecule has 0 radical (unpaired) electrons. The number of aliphatic imine (C=N–C) groups is 1. The average Bonchev–Trinajstić information content (AvgIpc) is 2.85. The van der Waals surface area contributed by atoms with Crippen molar-refractivity contribution < 1.29 is 4.79 Å². The summed E-state index contributed by atoms with van der Waals surface area (Å²) < 4.78 is 0. The lowest BCUT2D eigenvalue weighted by Gasteiger charge is -2.25. The zero-order valence-corrected chi connectivity index (χ0v) is 13.3. The zero-order valence-electron chi connectivity index (χ0n) is 13.3. The van der Waals surface area contributed by atoms with Crippen LogP contribution in [0, 0.1) is 0 Å². The minimum absolute atomic E-state index is 0.0134. The molecule has 20 heavy (non-hydrogen) atoms. The summed E-state index contributed by atoms with van der Waals surface area (Å²) in [6, 6.07) is 0.482. The van der Waals surface area contributed by atoms with Crippen molar-refractivity contribution in [2.24, 2.45) is 4.99 Å². The minimum Gasteiger partial charge on any atom is -0.353 e. The van der Waals surface area contributed by atoms with E-state index in [9.17, 15) is 4.79 Å². The zero-order chi connectivity index (χ0) is 15.1. The first kappa shape index (κ1) is 16.5. The van der Waals surface area contributed by atoms with Crippen LogP contribution >= 0.6 is 0 Å². The first-order valence-corrected chi connectivity index (χ1v) is 7.26. The second-order valence-corrected chi connectivity index (χ2v) is 5.87. The van der Waals surface area contributed by atoms with Crippen LogP contribution < -0.4 is 5.32 Å². The van der Waals surface area contributed by atoms with Crippen LogP contribution in [0.4, 0.5) is 0 Å². The van der Waals surface area contributed by atoms with Gasteiger partial charge in [-0.15, -0.1) is 0 Å². The normalized spacial score (nSPS) is 16.1. The van der Waals surface area contributed by atoms with E-state index < -0.39 is 0 Å². The molecule has 0 aromatic heterocycles. The van der Waals surface area contributed by atoms with Crippen molar-refractivity contribution in [1.82, 2.24) is 15.1 Å². The maximum Gasteiger partial charge on any atom is 0.243 e. The Morgan fingerprint density at radius 1 is 1.30 bits per heavy atom. The molecule has 1 amide bonds. The van der Waals surface area contributed by atoms with Crippen molar-refractivity contribution in [3.05, 3.63) is 12.2 Å². The van der Waals surface area contributed by atoms with Crippen molar-refractivity contribution in [2.45, 2.75) is 38.6 Å². The van der Waals surface area contributed by atoms with Gasteiger partial charge in [0.15, 0.2) is 5.96 Å². The average molecular weight is 280 g/mol. The highest BCUT2D eigenvalue weighted by atomic mass is 16.2. The number of amides is 1. The van der Waals surface area contributed by atoms with E-state index in [-0.39, 0.29) is 12.5 Å². The maximum atomic E-state index is 11.7.